The first-order valence-electron chi connectivity index (χ1n) is 9.99. The molecule has 4 nitrogen and oxygen atoms in total. The van der Waals surface area contributed by atoms with E-state index >= 15 is 0 Å². The van der Waals surface area contributed by atoms with Gasteiger partial charge in [-0.2, -0.15) is 0 Å². The van der Waals surface area contributed by atoms with E-state index in [4.69, 9.17) is 4.98 Å². The summed E-state index contributed by atoms with van der Waals surface area (Å²) in [4.78, 5) is 20.4. The van der Waals surface area contributed by atoms with E-state index in [9.17, 15) is 4.79 Å². The van der Waals surface area contributed by atoms with Gasteiger partial charge in [-0.25, -0.2) is 4.98 Å². The van der Waals surface area contributed by atoms with Gasteiger partial charge in [0.1, 0.15) is 0 Å². The number of hydrogen-bond donors (Lipinski definition) is 1. The summed E-state index contributed by atoms with van der Waals surface area (Å²) in [6.45, 7) is 2.47. The van der Waals surface area contributed by atoms with Crippen LogP contribution >= 0.6 is 0 Å². The third-order valence-electron chi connectivity index (χ3n) is 5.37. The number of carbonyl (C=O) groups is 1. The van der Waals surface area contributed by atoms with Crippen molar-refractivity contribution >= 4 is 28.2 Å². The molecule has 4 heteroatoms. The molecule has 1 N–H and O–H groups in total. The van der Waals surface area contributed by atoms with Crippen LogP contribution in [0.2, 0.25) is 0 Å². The summed E-state index contributed by atoms with van der Waals surface area (Å²) in [6, 6.07) is 29.8. The van der Waals surface area contributed by atoms with E-state index in [1.165, 1.54) is 0 Å². The first-order chi connectivity index (χ1) is 14.7. The molecule has 2 heterocycles. The van der Waals surface area contributed by atoms with Crippen LogP contribution in [0.3, 0.4) is 0 Å². The molecule has 0 bridgehead atoms. The Balaban J connectivity index is 1.69. The highest BCUT2D eigenvalue weighted by atomic mass is 16.2. The predicted molar refractivity (Wildman–Crippen MR) is 121 cm³/mol. The normalized spacial score (nSPS) is 13.8. The van der Waals surface area contributed by atoms with Crippen LogP contribution < -0.4 is 5.32 Å². The van der Waals surface area contributed by atoms with Crippen molar-refractivity contribution in [2.75, 3.05) is 5.32 Å². The number of pyridine rings is 1. The van der Waals surface area contributed by atoms with E-state index < -0.39 is 0 Å². The van der Waals surface area contributed by atoms with Crippen LogP contribution in [0.25, 0.3) is 16.6 Å². The van der Waals surface area contributed by atoms with Crippen LogP contribution in [0.5, 0.6) is 0 Å². The number of benzene rings is 3. The molecule has 1 amide bonds. The maximum atomic E-state index is 13.7. The lowest BCUT2D eigenvalue weighted by Crippen LogP contribution is -2.29. The molecule has 0 fully saturated rings. The lowest BCUT2D eigenvalue weighted by molar-refractivity contribution is 0.0828. The molecule has 5 rings (SSSR count). The molecule has 0 unspecified atom stereocenters. The van der Waals surface area contributed by atoms with Crippen molar-refractivity contribution in [1.29, 1.82) is 0 Å². The van der Waals surface area contributed by atoms with Crippen LogP contribution in [0, 0.1) is 0 Å². The van der Waals surface area contributed by atoms with E-state index in [1.807, 2.05) is 96.8 Å². The highest BCUT2D eigenvalue weighted by Gasteiger charge is 2.29. The minimum Gasteiger partial charge on any atom is -0.357 e. The van der Waals surface area contributed by atoms with Crippen LogP contribution in [0.1, 0.15) is 28.5 Å². The van der Waals surface area contributed by atoms with Gasteiger partial charge in [0.25, 0.3) is 5.91 Å². The van der Waals surface area contributed by atoms with Crippen LogP contribution in [-0.4, -0.2) is 15.8 Å². The fourth-order valence-electron chi connectivity index (χ4n) is 3.93. The molecule has 0 radical (unpaired) electrons. The van der Waals surface area contributed by atoms with E-state index in [0.29, 0.717) is 12.1 Å². The Morgan fingerprint density at radius 1 is 0.833 bits per heavy atom. The van der Waals surface area contributed by atoms with Gasteiger partial charge in [0.05, 0.1) is 34.7 Å². The molecule has 0 saturated carbocycles. The third-order valence-corrected chi connectivity index (χ3v) is 5.37. The molecule has 0 atom stereocenters. The third kappa shape index (κ3) is 3.22. The van der Waals surface area contributed by atoms with Crippen molar-refractivity contribution in [2.24, 2.45) is 0 Å². The molecule has 3 aromatic carbocycles. The number of carbonyl (C=O) groups excluding carboxylic acids is 1. The Labute approximate surface area is 175 Å². The number of rotatable bonds is 3. The second-order valence-electron chi connectivity index (χ2n) is 7.41. The van der Waals surface area contributed by atoms with E-state index in [0.717, 1.165) is 39.2 Å². The fourth-order valence-corrected chi connectivity index (χ4v) is 3.93. The molecule has 30 heavy (non-hydrogen) atoms. The number of allylic oxidation sites excluding steroid dienone is 1. The summed E-state index contributed by atoms with van der Waals surface area (Å²) in [7, 11) is 0. The molecular formula is C26H21N3O. The van der Waals surface area contributed by atoms with E-state index in [-0.39, 0.29) is 5.91 Å². The average Bonchev–Trinajstić information content (AvgIpc) is 2.88. The Kier molecular flexibility index (Phi) is 4.52. The molecule has 1 aliphatic heterocycles. The summed E-state index contributed by atoms with van der Waals surface area (Å²) in [6.07, 6.45) is 0. The second kappa shape index (κ2) is 7.48. The van der Waals surface area contributed by atoms with Crippen LogP contribution in [0.15, 0.2) is 96.7 Å². The summed E-state index contributed by atoms with van der Waals surface area (Å²) in [5, 5.41) is 4.52. The Hall–Kier alpha value is -3.92. The number of para-hydroxylation sites is 2. The summed E-state index contributed by atoms with van der Waals surface area (Å²) >= 11 is 0. The molecule has 0 spiro atoms. The maximum absolute atomic E-state index is 13.7. The summed E-state index contributed by atoms with van der Waals surface area (Å²) in [5.41, 5.74) is 5.91. The minimum absolute atomic E-state index is 0.0382. The number of hydrogen-bond acceptors (Lipinski definition) is 3. The van der Waals surface area contributed by atoms with Crippen molar-refractivity contribution < 1.29 is 4.79 Å². The van der Waals surface area contributed by atoms with Gasteiger partial charge in [0, 0.05) is 11.1 Å². The first-order valence-corrected chi connectivity index (χ1v) is 9.99. The predicted octanol–water partition coefficient (Wildman–Crippen LogP) is 5.69. The van der Waals surface area contributed by atoms with Gasteiger partial charge in [0.15, 0.2) is 0 Å². The number of amides is 1. The lowest BCUT2D eigenvalue weighted by Gasteiger charge is -2.25. The number of fused-ring (bicyclic) bond motifs is 2. The van der Waals surface area contributed by atoms with Gasteiger partial charge in [0.2, 0.25) is 0 Å². The Morgan fingerprint density at radius 3 is 2.43 bits per heavy atom. The Bertz CT molecular complexity index is 1280. The SMILES string of the molecule is CC1=C(c2ccc3ccccc3n2)N(Cc2ccccc2)C(=O)c2ccccc2N1. The van der Waals surface area contributed by atoms with Gasteiger partial charge in [-0.3, -0.25) is 4.79 Å². The number of nitrogens with zero attached hydrogens (tertiary/aromatic N) is 2. The molecule has 1 aromatic heterocycles. The van der Waals surface area contributed by atoms with Crippen molar-refractivity contribution in [3.05, 3.63) is 114 Å². The number of nitrogens with one attached hydrogen (secondary N) is 1. The largest absolute Gasteiger partial charge is 0.357 e. The lowest BCUT2D eigenvalue weighted by atomic mass is 10.1. The van der Waals surface area contributed by atoms with E-state index in [1.54, 1.807) is 0 Å². The van der Waals surface area contributed by atoms with Crippen molar-refractivity contribution in [2.45, 2.75) is 13.5 Å². The molecule has 0 aliphatic carbocycles. The zero-order valence-corrected chi connectivity index (χ0v) is 16.7. The second-order valence-corrected chi connectivity index (χ2v) is 7.41. The zero-order valence-electron chi connectivity index (χ0n) is 16.7. The van der Waals surface area contributed by atoms with Crippen molar-refractivity contribution in [1.82, 2.24) is 9.88 Å². The maximum Gasteiger partial charge on any atom is 0.260 e. The molecular weight excluding hydrogens is 370 g/mol. The van der Waals surface area contributed by atoms with Gasteiger partial charge in [-0.15, -0.1) is 0 Å². The first kappa shape index (κ1) is 18.1. The molecule has 4 aromatic rings. The van der Waals surface area contributed by atoms with Gasteiger partial charge >= 0.3 is 0 Å². The van der Waals surface area contributed by atoms with Gasteiger partial charge in [-0.05, 0) is 36.8 Å². The summed E-state index contributed by atoms with van der Waals surface area (Å²) in [5.74, 6) is -0.0382. The minimum atomic E-state index is -0.0382. The average molecular weight is 391 g/mol. The van der Waals surface area contributed by atoms with E-state index in [2.05, 4.69) is 11.4 Å². The smallest absolute Gasteiger partial charge is 0.260 e. The van der Waals surface area contributed by atoms with Crippen molar-refractivity contribution in [3.63, 3.8) is 0 Å². The molecule has 0 saturated heterocycles. The van der Waals surface area contributed by atoms with Crippen LogP contribution in [0.4, 0.5) is 5.69 Å². The number of anilines is 1. The number of aromatic nitrogens is 1. The molecule has 146 valence electrons. The Morgan fingerprint density at radius 2 is 1.57 bits per heavy atom. The topological polar surface area (TPSA) is 45.2 Å². The monoisotopic (exact) mass is 391 g/mol. The highest BCUT2D eigenvalue weighted by Crippen LogP contribution is 2.33. The highest BCUT2D eigenvalue weighted by molar-refractivity contribution is 6.06. The summed E-state index contributed by atoms with van der Waals surface area (Å²) < 4.78 is 0. The van der Waals surface area contributed by atoms with Crippen LogP contribution in [-0.2, 0) is 6.54 Å². The zero-order chi connectivity index (χ0) is 20.5. The van der Waals surface area contributed by atoms with Gasteiger partial charge in [-0.1, -0.05) is 66.7 Å². The fraction of sp³-hybridized carbons (Fsp3) is 0.0769. The van der Waals surface area contributed by atoms with Gasteiger partial charge < -0.3 is 10.2 Å². The standard InChI is InChI=1S/C26H21N3O/c1-18-25(24-16-15-20-11-5-7-13-22(20)28-24)29(17-19-9-3-2-4-10-19)26(30)21-12-6-8-14-23(21)27-18/h2-16,27H,17H2,1H3. The molecule has 1 aliphatic rings. The quantitative estimate of drug-likeness (QED) is 0.488. The van der Waals surface area contributed by atoms with Crippen molar-refractivity contribution in [3.8, 4) is 0 Å².